The summed E-state index contributed by atoms with van der Waals surface area (Å²) in [5.41, 5.74) is 1.98. The van der Waals surface area contributed by atoms with Gasteiger partial charge in [0.2, 0.25) is 0 Å². The number of hydrogen-bond donors (Lipinski definition) is 3. The minimum Gasteiger partial charge on any atom is -0.393 e. The van der Waals surface area contributed by atoms with Crippen LogP contribution in [0, 0.1) is 0 Å². The van der Waals surface area contributed by atoms with Gasteiger partial charge in [-0.1, -0.05) is 53.7 Å². The van der Waals surface area contributed by atoms with Crippen molar-refractivity contribution in [2.75, 3.05) is 25.0 Å². The zero-order chi connectivity index (χ0) is 19.8. The van der Waals surface area contributed by atoms with E-state index in [1.807, 2.05) is 0 Å². The second-order valence-corrected chi connectivity index (χ2v) is 9.56. The molecular formula is C21H34N2O3. The van der Waals surface area contributed by atoms with Crippen molar-refractivity contribution in [2.24, 2.45) is 0 Å². The molecule has 1 saturated heterocycles. The van der Waals surface area contributed by atoms with Crippen molar-refractivity contribution < 1.29 is 15.0 Å². The van der Waals surface area contributed by atoms with Crippen LogP contribution >= 0.6 is 0 Å². The molecule has 0 spiro atoms. The van der Waals surface area contributed by atoms with E-state index in [1.54, 1.807) is 4.90 Å². The van der Waals surface area contributed by atoms with Crippen molar-refractivity contribution in [1.29, 1.82) is 0 Å². The van der Waals surface area contributed by atoms with Gasteiger partial charge in [-0.3, -0.25) is 0 Å². The number of nitrogens with zero attached hydrogens (tertiary/aromatic N) is 1. The molecule has 1 aliphatic rings. The number of likely N-dealkylation sites (tertiary alicyclic amines) is 1. The number of carbonyl (C=O) groups is 1. The largest absolute Gasteiger partial charge is 0.393 e. The van der Waals surface area contributed by atoms with Gasteiger partial charge in [-0.15, -0.1) is 0 Å². The lowest BCUT2D eigenvalue weighted by Crippen LogP contribution is -2.49. The van der Waals surface area contributed by atoms with E-state index < -0.39 is 5.60 Å². The highest BCUT2D eigenvalue weighted by Crippen LogP contribution is 2.34. The van der Waals surface area contributed by atoms with E-state index in [4.69, 9.17) is 0 Å². The monoisotopic (exact) mass is 362 g/mol. The van der Waals surface area contributed by atoms with Crippen molar-refractivity contribution >= 4 is 11.7 Å². The molecule has 1 aliphatic heterocycles. The maximum Gasteiger partial charge on any atom is 0.321 e. The third-order valence-electron chi connectivity index (χ3n) is 5.21. The molecule has 0 unspecified atom stereocenters. The summed E-state index contributed by atoms with van der Waals surface area (Å²) in [6.45, 7) is 13.5. The molecule has 5 nitrogen and oxygen atoms in total. The molecule has 3 N–H and O–H groups in total. The smallest absolute Gasteiger partial charge is 0.321 e. The first kappa shape index (κ1) is 20.7. The molecule has 2 rings (SSSR count). The Morgan fingerprint density at radius 2 is 1.69 bits per heavy atom. The Morgan fingerprint density at radius 1 is 1.12 bits per heavy atom. The van der Waals surface area contributed by atoms with Gasteiger partial charge in [-0.2, -0.15) is 0 Å². The Balaban J connectivity index is 2.23. The summed E-state index contributed by atoms with van der Waals surface area (Å²) in [7, 11) is 0. The van der Waals surface area contributed by atoms with E-state index in [0.29, 0.717) is 25.9 Å². The number of anilines is 1. The van der Waals surface area contributed by atoms with E-state index in [1.165, 1.54) is 5.56 Å². The Morgan fingerprint density at radius 3 is 2.15 bits per heavy atom. The molecule has 26 heavy (non-hydrogen) atoms. The summed E-state index contributed by atoms with van der Waals surface area (Å²) < 4.78 is 0. The number of carbonyl (C=O) groups excluding carboxylic acids is 1. The zero-order valence-electron chi connectivity index (χ0n) is 17.0. The van der Waals surface area contributed by atoms with E-state index in [0.717, 1.165) is 11.3 Å². The van der Waals surface area contributed by atoms with Gasteiger partial charge in [-0.05, 0) is 40.9 Å². The van der Waals surface area contributed by atoms with Gasteiger partial charge in [-0.25, -0.2) is 4.79 Å². The summed E-state index contributed by atoms with van der Waals surface area (Å²) in [5.74, 6) is 0. The van der Waals surface area contributed by atoms with Crippen LogP contribution in [0.4, 0.5) is 10.5 Å². The van der Waals surface area contributed by atoms with E-state index in [2.05, 4.69) is 65.1 Å². The van der Waals surface area contributed by atoms with Crippen LogP contribution in [0.3, 0.4) is 0 Å². The van der Waals surface area contributed by atoms with Gasteiger partial charge < -0.3 is 20.4 Å². The molecule has 5 heteroatoms. The van der Waals surface area contributed by atoms with Gasteiger partial charge in [0.1, 0.15) is 0 Å². The van der Waals surface area contributed by atoms with Gasteiger partial charge in [0.15, 0.2) is 0 Å². The molecular weight excluding hydrogens is 328 g/mol. The number of hydrogen-bond acceptors (Lipinski definition) is 3. The highest BCUT2D eigenvalue weighted by atomic mass is 16.3. The summed E-state index contributed by atoms with van der Waals surface area (Å²) in [4.78, 5) is 14.5. The Hall–Kier alpha value is -1.59. The van der Waals surface area contributed by atoms with Gasteiger partial charge in [0.05, 0.1) is 12.2 Å². The first-order chi connectivity index (χ1) is 11.9. The van der Waals surface area contributed by atoms with Crippen LogP contribution in [0.5, 0.6) is 0 Å². The van der Waals surface area contributed by atoms with Crippen LogP contribution in [-0.2, 0) is 10.8 Å². The van der Waals surface area contributed by atoms with Crippen molar-refractivity contribution in [3.05, 3.63) is 29.3 Å². The number of piperidine rings is 1. The topological polar surface area (TPSA) is 72.8 Å². The molecule has 0 bridgehead atoms. The first-order valence-electron chi connectivity index (χ1n) is 9.40. The molecule has 1 fully saturated rings. The average molecular weight is 363 g/mol. The Bertz CT molecular complexity index is 648. The van der Waals surface area contributed by atoms with Gasteiger partial charge >= 0.3 is 6.03 Å². The van der Waals surface area contributed by atoms with Crippen LogP contribution in [-0.4, -0.2) is 46.4 Å². The number of benzene rings is 1. The molecule has 1 heterocycles. The molecule has 0 saturated carbocycles. The van der Waals surface area contributed by atoms with Crippen LogP contribution in [0.2, 0.25) is 0 Å². The first-order valence-corrected chi connectivity index (χ1v) is 9.40. The molecule has 0 atom stereocenters. The van der Waals surface area contributed by atoms with Crippen LogP contribution in [0.1, 0.15) is 65.5 Å². The highest BCUT2D eigenvalue weighted by molar-refractivity contribution is 5.90. The lowest BCUT2D eigenvalue weighted by Gasteiger charge is -2.37. The number of rotatable bonds is 2. The highest BCUT2D eigenvalue weighted by Gasteiger charge is 2.33. The fourth-order valence-electron chi connectivity index (χ4n) is 3.25. The summed E-state index contributed by atoms with van der Waals surface area (Å²) >= 11 is 0. The second kappa shape index (κ2) is 7.20. The molecule has 1 aromatic rings. The zero-order valence-corrected chi connectivity index (χ0v) is 17.0. The predicted octanol–water partition coefficient (Wildman–Crippen LogP) is 3.63. The standard InChI is InChI=1S/C21H34N2O3/c1-19(2,3)15-7-8-16(20(4,5)6)17(13-15)22-18(25)23-11-9-21(26,14-24)10-12-23/h7-8,13,24,26H,9-12,14H2,1-6H3,(H,22,25). The quantitative estimate of drug-likeness (QED) is 0.752. The average Bonchev–Trinajstić information content (AvgIpc) is 2.53. The number of amides is 2. The molecule has 0 aliphatic carbocycles. The normalized spacial score (nSPS) is 17.9. The van der Waals surface area contributed by atoms with Crippen molar-refractivity contribution in [3.63, 3.8) is 0 Å². The lowest BCUT2D eigenvalue weighted by atomic mass is 9.81. The fraction of sp³-hybridized carbons (Fsp3) is 0.667. The van der Waals surface area contributed by atoms with E-state index >= 15 is 0 Å². The van der Waals surface area contributed by atoms with Crippen molar-refractivity contribution in [3.8, 4) is 0 Å². The minimum atomic E-state index is -1.06. The van der Waals surface area contributed by atoms with Crippen molar-refractivity contribution in [2.45, 2.75) is 70.8 Å². The van der Waals surface area contributed by atoms with Crippen LogP contribution < -0.4 is 5.32 Å². The maximum atomic E-state index is 12.8. The lowest BCUT2D eigenvalue weighted by molar-refractivity contribution is -0.0519. The van der Waals surface area contributed by atoms with E-state index in [9.17, 15) is 15.0 Å². The van der Waals surface area contributed by atoms with Crippen LogP contribution in [0.15, 0.2) is 18.2 Å². The number of aliphatic hydroxyl groups excluding tert-OH is 1. The van der Waals surface area contributed by atoms with Crippen molar-refractivity contribution in [1.82, 2.24) is 4.90 Å². The predicted molar refractivity (Wildman–Crippen MR) is 106 cm³/mol. The molecule has 1 aromatic carbocycles. The SMILES string of the molecule is CC(C)(C)c1ccc(C(C)(C)C)c(NC(=O)N2CCC(O)(CO)CC2)c1. The second-order valence-electron chi connectivity index (χ2n) is 9.56. The number of urea groups is 1. The third kappa shape index (κ3) is 4.77. The van der Waals surface area contributed by atoms with Crippen LogP contribution in [0.25, 0.3) is 0 Å². The molecule has 0 radical (unpaired) electrons. The van der Waals surface area contributed by atoms with Gasteiger partial charge in [0, 0.05) is 18.8 Å². The summed E-state index contributed by atoms with van der Waals surface area (Å²) in [5, 5.41) is 22.5. The number of nitrogens with one attached hydrogen (secondary N) is 1. The van der Waals surface area contributed by atoms with E-state index in [-0.39, 0.29) is 23.5 Å². The molecule has 2 amide bonds. The Kier molecular flexibility index (Phi) is 5.74. The summed E-state index contributed by atoms with van der Waals surface area (Å²) in [6, 6.07) is 6.17. The minimum absolute atomic E-state index is 0.00136. The Labute approximate surface area is 157 Å². The fourth-order valence-corrected chi connectivity index (χ4v) is 3.25. The third-order valence-corrected chi connectivity index (χ3v) is 5.21. The summed E-state index contributed by atoms with van der Waals surface area (Å²) in [6.07, 6.45) is 0.788. The number of aliphatic hydroxyl groups is 2. The molecule has 0 aromatic heterocycles. The maximum absolute atomic E-state index is 12.8. The van der Waals surface area contributed by atoms with Gasteiger partial charge in [0.25, 0.3) is 0 Å². The molecule has 146 valence electrons.